The van der Waals surface area contributed by atoms with Crippen LogP contribution < -0.4 is 0 Å². The second kappa shape index (κ2) is 6.13. The van der Waals surface area contributed by atoms with Gasteiger partial charge < -0.3 is 4.90 Å². The molecule has 0 unspecified atom stereocenters. The van der Waals surface area contributed by atoms with Gasteiger partial charge in [-0.25, -0.2) is 0 Å². The molecule has 6 nitrogen and oxygen atoms in total. The maximum absolute atomic E-state index is 12.1. The smallest absolute Gasteiger partial charge is 0.246 e. The lowest BCUT2D eigenvalue weighted by molar-refractivity contribution is -0.125. The van der Waals surface area contributed by atoms with Gasteiger partial charge >= 0.3 is 0 Å². The van der Waals surface area contributed by atoms with Crippen molar-refractivity contribution in [2.75, 3.05) is 7.05 Å². The normalized spacial score (nSPS) is 11.3. The number of carbonyl (C=O) groups is 1. The fourth-order valence-corrected chi connectivity index (χ4v) is 2.26. The second-order valence-corrected chi connectivity index (χ2v) is 5.32. The van der Waals surface area contributed by atoms with Crippen LogP contribution in [0.15, 0.2) is 18.5 Å². The van der Waals surface area contributed by atoms with Gasteiger partial charge in [0.2, 0.25) is 5.91 Å². The molecule has 7 heteroatoms. The topological polar surface area (TPSA) is 56.0 Å². The molecular formula is C14H18ClN5O. The Balaban J connectivity index is 2.04. The Hall–Kier alpha value is -2.08. The number of carbonyl (C=O) groups excluding carboxylic acids is 1. The third kappa shape index (κ3) is 3.52. The fourth-order valence-electron chi connectivity index (χ4n) is 2.02. The van der Waals surface area contributed by atoms with E-state index in [2.05, 4.69) is 10.2 Å². The minimum Gasteiger partial charge on any atom is -0.338 e. The van der Waals surface area contributed by atoms with Crippen molar-refractivity contribution < 1.29 is 4.79 Å². The van der Waals surface area contributed by atoms with Crippen molar-refractivity contribution in [3.05, 3.63) is 40.4 Å². The highest BCUT2D eigenvalue weighted by Crippen LogP contribution is 2.20. The summed E-state index contributed by atoms with van der Waals surface area (Å²) in [5.74, 6) is -0.0989. The van der Waals surface area contributed by atoms with Gasteiger partial charge in [0.15, 0.2) is 0 Å². The summed E-state index contributed by atoms with van der Waals surface area (Å²) in [4.78, 5) is 13.7. The van der Waals surface area contributed by atoms with E-state index in [9.17, 15) is 4.79 Å². The highest BCUT2D eigenvalue weighted by Gasteiger charge is 2.10. The molecule has 0 aliphatic carbocycles. The van der Waals surface area contributed by atoms with Crippen LogP contribution in [-0.4, -0.2) is 37.4 Å². The second-order valence-electron chi connectivity index (χ2n) is 4.96. The number of hydrogen-bond donors (Lipinski definition) is 0. The van der Waals surface area contributed by atoms with Crippen molar-refractivity contribution in [3.63, 3.8) is 0 Å². The van der Waals surface area contributed by atoms with Crippen molar-refractivity contribution >= 4 is 23.6 Å². The van der Waals surface area contributed by atoms with E-state index in [1.54, 1.807) is 40.6 Å². The zero-order valence-corrected chi connectivity index (χ0v) is 13.3. The van der Waals surface area contributed by atoms with Crippen LogP contribution in [0.5, 0.6) is 0 Å². The Morgan fingerprint density at radius 1 is 1.48 bits per heavy atom. The van der Waals surface area contributed by atoms with Crippen LogP contribution in [-0.2, 0) is 25.4 Å². The van der Waals surface area contributed by atoms with E-state index in [1.807, 2.05) is 20.2 Å². The lowest BCUT2D eigenvalue weighted by Gasteiger charge is -2.13. The first-order chi connectivity index (χ1) is 9.88. The maximum atomic E-state index is 12.1. The quantitative estimate of drug-likeness (QED) is 0.809. The molecule has 0 aromatic carbocycles. The molecule has 0 radical (unpaired) electrons. The first kappa shape index (κ1) is 15.3. The average molecular weight is 308 g/mol. The molecule has 0 N–H and O–H groups in total. The molecule has 21 heavy (non-hydrogen) atoms. The van der Waals surface area contributed by atoms with Gasteiger partial charge in [-0.3, -0.25) is 14.2 Å². The maximum Gasteiger partial charge on any atom is 0.246 e. The van der Waals surface area contributed by atoms with Gasteiger partial charge in [-0.1, -0.05) is 11.6 Å². The molecule has 2 aromatic heterocycles. The zero-order valence-electron chi connectivity index (χ0n) is 12.5. The summed E-state index contributed by atoms with van der Waals surface area (Å²) < 4.78 is 3.29. The Morgan fingerprint density at radius 2 is 2.19 bits per heavy atom. The summed E-state index contributed by atoms with van der Waals surface area (Å²) in [5.41, 5.74) is 2.54. The summed E-state index contributed by atoms with van der Waals surface area (Å²) in [5, 5.41) is 8.80. The molecule has 0 spiro atoms. The Morgan fingerprint density at radius 3 is 2.71 bits per heavy atom. The standard InChI is InChI=1S/C14H18ClN5O/c1-10-12(14(15)20(4)17-10)5-6-13(21)18(2)8-11-7-16-19(3)9-11/h5-7,9H,8H2,1-4H3/b6-5+. The van der Waals surface area contributed by atoms with E-state index >= 15 is 0 Å². The van der Waals surface area contributed by atoms with Crippen LogP contribution in [0.3, 0.4) is 0 Å². The highest BCUT2D eigenvalue weighted by atomic mass is 35.5. The number of nitrogens with zero attached hydrogens (tertiary/aromatic N) is 5. The van der Waals surface area contributed by atoms with Gasteiger partial charge in [-0.15, -0.1) is 0 Å². The number of amides is 1. The predicted octanol–water partition coefficient (Wildman–Crippen LogP) is 1.79. The molecule has 0 saturated heterocycles. The van der Waals surface area contributed by atoms with Crippen LogP contribution in [0.1, 0.15) is 16.8 Å². The largest absolute Gasteiger partial charge is 0.338 e. The van der Waals surface area contributed by atoms with E-state index in [4.69, 9.17) is 11.6 Å². The third-order valence-corrected chi connectivity index (χ3v) is 3.59. The molecule has 0 bridgehead atoms. The van der Waals surface area contributed by atoms with Gasteiger partial charge in [0.05, 0.1) is 11.9 Å². The molecule has 1 amide bonds. The first-order valence-electron chi connectivity index (χ1n) is 6.48. The van der Waals surface area contributed by atoms with Crippen LogP contribution in [0.2, 0.25) is 5.15 Å². The van der Waals surface area contributed by atoms with Crippen molar-refractivity contribution in [1.29, 1.82) is 0 Å². The Kier molecular flexibility index (Phi) is 4.47. The Bertz CT molecular complexity index is 686. The molecule has 2 rings (SSSR count). The number of rotatable bonds is 4. The summed E-state index contributed by atoms with van der Waals surface area (Å²) in [7, 11) is 5.36. The lowest BCUT2D eigenvalue weighted by Crippen LogP contribution is -2.23. The minimum absolute atomic E-state index is 0.0989. The van der Waals surface area contributed by atoms with Gasteiger partial charge in [-0.2, -0.15) is 10.2 Å². The highest BCUT2D eigenvalue weighted by molar-refractivity contribution is 6.31. The molecule has 0 aliphatic heterocycles. The average Bonchev–Trinajstić information content (AvgIpc) is 2.92. The molecule has 0 atom stereocenters. The minimum atomic E-state index is -0.0989. The molecule has 0 saturated carbocycles. The van der Waals surface area contributed by atoms with E-state index in [0.29, 0.717) is 11.7 Å². The summed E-state index contributed by atoms with van der Waals surface area (Å²) in [6, 6.07) is 0. The van der Waals surface area contributed by atoms with Crippen molar-refractivity contribution in [2.45, 2.75) is 13.5 Å². The van der Waals surface area contributed by atoms with Gasteiger partial charge in [0.25, 0.3) is 0 Å². The van der Waals surface area contributed by atoms with Gasteiger partial charge in [0, 0.05) is 51.1 Å². The molecule has 2 heterocycles. The monoisotopic (exact) mass is 307 g/mol. The number of likely N-dealkylation sites (N-methyl/N-ethyl adjacent to an activating group) is 1. The molecule has 0 aliphatic rings. The number of hydrogen-bond acceptors (Lipinski definition) is 3. The number of aromatic nitrogens is 4. The van der Waals surface area contributed by atoms with Crippen molar-refractivity contribution in [3.8, 4) is 0 Å². The number of aryl methyl sites for hydroxylation is 3. The fraction of sp³-hybridized carbons (Fsp3) is 0.357. The molecular weight excluding hydrogens is 290 g/mol. The van der Waals surface area contributed by atoms with E-state index in [-0.39, 0.29) is 5.91 Å². The Labute approximate surface area is 128 Å². The summed E-state index contributed by atoms with van der Waals surface area (Å²) in [6.07, 6.45) is 6.84. The van der Waals surface area contributed by atoms with Crippen LogP contribution >= 0.6 is 11.6 Å². The molecule has 2 aromatic rings. The van der Waals surface area contributed by atoms with Crippen LogP contribution in [0, 0.1) is 6.92 Å². The van der Waals surface area contributed by atoms with E-state index < -0.39 is 0 Å². The van der Waals surface area contributed by atoms with Crippen LogP contribution in [0.25, 0.3) is 6.08 Å². The summed E-state index contributed by atoms with van der Waals surface area (Å²) in [6.45, 7) is 2.37. The third-order valence-electron chi connectivity index (χ3n) is 3.14. The van der Waals surface area contributed by atoms with Gasteiger partial charge in [-0.05, 0) is 13.0 Å². The van der Waals surface area contributed by atoms with Crippen molar-refractivity contribution in [2.24, 2.45) is 14.1 Å². The predicted molar refractivity (Wildman–Crippen MR) is 81.7 cm³/mol. The lowest BCUT2D eigenvalue weighted by atomic mass is 10.2. The molecule has 112 valence electrons. The van der Waals surface area contributed by atoms with Crippen LogP contribution in [0.4, 0.5) is 0 Å². The first-order valence-corrected chi connectivity index (χ1v) is 6.86. The van der Waals surface area contributed by atoms with E-state index in [0.717, 1.165) is 16.8 Å². The van der Waals surface area contributed by atoms with Gasteiger partial charge in [0.1, 0.15) is 5.15 Å². The number of halogens is 1. The molecule has 0 fully saturated rings. The van der Waals surface area contributed by atoms with Crippen molar-refractivity contribution in [1.82, 2.24) is 24.5 Å². The summed E-state index contributed by atoms with van der Waals surface area (Å²) >= 11 is 6.12. The SMILES string of the molecule is Cc1nn(C)c(Cl)c1/C=C/C(=O)N(C)Cc1cnn(C)c1. The zero-order chi connectivity index (χ0) is 15.6. The van der Waals surface area contributed by atoms with E-state index in [1.165, 1.54) is 6.08 Å².